The second-order valence-electron chi connectivity index (χ2n) is 5.19. The van der Waals surface area contributed by atoms with Crippen LogP contribution < -0.4 is 0 Å². The highest BCUT2D eigenvalue weighted by molar-refractivity contribution is 8.03. The Bertz CT molecular complexity index is 631. The molecule has 2 aliphatic rings. The van der Waals surface area contributed by atoms with Gasteiger partial charge in [-0.1, -0.05) is 30.0 Å². The first kappa shape index (κ1) is 14.1. The number of aliphatic imine (C=N–C) groups is 1. The molecule has 3 rings (SSSR count). The number of hydrogen-bond acceptors (Lipinski definition) is 4. The number of hydrogen-bond donors (Lipinski definition) is 0. The predicted molar refractivity (Wildman–Crippen MR) is 91.1 cm³/mol. The van der Waals surface area contributed by atoms with E-state index in [0.717, 1.165) is 25.0 Å². The Morgan fingerprint density at radius 2 is 2.38 bits per heavy atom. The lowest BCUT2D eigenvalue weighted by Gasteiger charge is -2.22. The average Bonchev–Trinajstić information content (AvgIpc) is 2.90. The number of aromatic nitrogens is 1. The fourth-order valence-electron chi connectivity index (χ4n) is 2.64. The van der Waals surface area contributed by atoms with Gasteiger partial charge in [-0.05, 0) is 42.7 Å². The molecule has 0 spiro atoms. The highest BCUT2D eigenvalue weighted by Gasteiger charge is 2.24. The van der Waals surface area contributed by atoms with Crippen molar-refractivity contribution in [2.45, 2.75) is 24.8 Å². The summed E-state index contributed by atoms with van der Waals surface area (Å²) in [6, 6.07) is 4.14. The Balaban J connectivity index is 1.88. The van der Waals surface area contributed by atoms with Gasteiger partial charge in [0.25, 0.3) is 0 Å². The van der Waals surface area contributed by atoms with Gasteiger partial charge in [-0.3, -0.25) is 9.98 Å². The van der Waals surface area contributed by atoms with E-state index in [1.54, 1.807) is 11.8 Å². The summed E-state index contributed by atoms with van der Waals surface area (Å²) >= 11 is 1.69. The summed E-state index contributed by atoms with van der Waals surface area (Å²) in [5.41, 5.74) is 4.92. The third kappa shape index (κ3) is 2.95. The molecule has 0 saturated carbocycles. The van der Waals surface area contributed by atoms with E-state index in [2.05, 4.69) is 58.3 Å². The topological polar surface area (TPSA) is 28.5 Å². The monoisotopic (exact) mass is 297 g/mol. The zero-order valence-electron chi connectivity index (χ0n) is 12.2. The lowest BCUT2D eigenvalue weighted by atomic mass is 9.99. The van der Waals surface area contributed by atoms with Crippen molar-refractivity contribution in [1.29, 1.82) is 0 Å². The van der Waals surface area contributed by atoms with Gasteiger partial charge in [0.2, 0.25) is 0 Å². The molecule has 0 N–H and O–H groups in total. The first-order chi connectivity index (χ1) is 10.3. The number of nitrogens with zero attached hydrogens (tertiary/aromatic N) is 3. The second-order valence-corrected chi connectivity index (χ2v) is 6.12. The van der Waals surface area contributed by atoms with Gasteiger partial charge >= 0.3 is 0 Å². The van der Waals surface area contributed by atoms with E-state index in [1.807, 2.05) is 12.3 Å². The smallest absolute Gasteiger partial charge is 0.171 e. The summed E-state index contributed by atoms with van der Waals surface area (Å²) in [7, 11) is 2.06. The fraction of sp³-hybridized carbons (Fsp3) is 0.294. The number of rotatable bonds is 4. The molecular weight excluding hydrogens is 278 g/mol. The first-order valence-electron chi connectivity index (χ1n) is 7.13. The summed E-state index contributed by atoms with van der Waals surface area (Å²) in [5, 5.41) is 2.16. The number of thioether (sulfide) groups is 1. The molecule has 0 radical (unpaired) electrons. The van der Waals surface area contributed by atoms with Crippen LogP contribution in [0.3, 0.4) is 0 Å². The molecule has 108 valence electrons. The van der Waals surface area contributed by atoms with Gasteiger partial charge in [-0.2, -0.15) is 0 Å². The van der Waals surface area contributed by atoms with Crippen LogP contribution in [0.2, 0.25) is 0 Å². The summed E-state index contributed by atoms with van der Waals surface area (Å²) in [6.45, 7) is 3.66. The van der Waals surface area contributed by atoms with E-state index in [-0.39, 0.29) is 5.50 Å². The van der Waals surface area contributed by atoms with Crippen molar-refractivity contribution in [3.8, 4) is 0 Å². The maximum Gasteiger partial charge on any atom is 0.171 e. The summed E-state index contributed by atoms with van der Waals surface area (Å²) < 4.78 is 0. The van der Waals surface area contributed by atoms with Crippen molar-refractivity contribution in [3.05, 3.63) is 58.8 Å². The van der Waals surface area contributed by atoms with E-state index in [4.69, 9.17) is 0 Å². The van der Waals surface area contributed by atoms with E-state index >= 15 is 0 Å². The van der Waals surface area contributed by atoms with Crippen molar-refractivity contribution in [1.82, 2.24) is 9.88 Å². The van der Waals surface area contributed by atoms with Gasteiger partial charge in [-0.15, -0.1) is 0 Å². The molecule has 3 nitrogen and oxygen atoms in total. The van der Waals surface area contributed by atoms with Crippen LogP contribution in [0, 0.1) is 0 Å². The molecule has 1 aromatic rings. The summed E-state index contributed by atoms with van der Waals surface area (Å²) in [5.74, 6) is 0. The van der Waals surface area contributed by atoms with E-state index in [9.17, 15) is 0 Å². The molecule has 21 heavy (non-hydrogen) atoms. The minimum absolute atomic E-state index is 0.0712. The Labute approximate surface area is 130 Å². The van der Waals surface area contributed by atoms with Crippen molar-refractivity contribution >= 4 is 24.2 Å². The quantitative estimate of drug-likeness (QED) is 0.790. The van der Waals surface area contributed by atoms with Gasteiger partial charge in [0.05, 0.1) is 11.4 Å². The molecule has 1 aliphatic heterocycles. The molecule has 0 fully saturated rings. The lowest BCUT2D eigenvalue weighted by molar-refractivity contribution is 0.471. The fourth-order valence-corrected chi connectivity index (χ4v) is 3.57. The molecule has 0 aromatic carbocycles. The van der Waals surface area contributed by atoms with Crippen LogP contribution in [-0.2, 0) is 6.42 Å². The minimum Gasteiger partial charge on any atom is -0.343 e. The van der Waals surface area contributed by atoms with Crippen LogP contribution in [0.1, 0.15) is 24.1 Å². The first-order valence-corrected chi connectivity index (χ1v) is 8.08. The van der Waals surface area contributed by atoms with Crippen LogP contribution in [-0.4, -0.2) is 29.1 Å². The second kappa shape index (κ2) is 6.31. The van der Waals surface area contributed by atoms with E-state index < -0.39 is 0 Å². The molecule has 2 heterocycles. The SMILES string of the molecule is C=NC1SC=C(c2cccnc2CC2=CCCC=C2)N1C. The van der Waals surface area contributed by atoms with Crippen LogP contribution in [0.25, 0.3) is 5.70 Å². The predicted octanol–water partition coefficient (Wildman–Crippen LogP) is 3.86. The van der Waals surface area contributed by atoms with Crippen LogP contribution in [0.4, 0.5) is 0 Å². The van der Waals surface area contributed by atoms with Crippen molar-refractivity contribution in [2.75, 3.05) is 7.05 Å². The third-order valence-corrected chi connectivity index (χ3v) is 4.85. The van der Waals surface area contributed by atoms with Crippen LogP contribution >= 0.6 is 11.8 Å². The Kier molecular flexibility index (Phi) is 4.25. The van der Waals surface area contributed by atoms with Crippen molar-refractivity contribution in [2.24, 2.45) is 4.99 Å². The summed E-state index contributed by atoms with van der Waals surface area (Å²) in [6.07, 6.45) is 11.8. The number of allylic oxidation sites excluding steroid dienone is 4. The highest BCUT2D eigenvalue weighted by atomic mass is 32.2. The largest absolute Gasteiger partial charge is 0.343 e. The Hall–Kier alpha value is -1.81. The molecular formula is C17H19N3S. The van der Waals surface area contributed by atoms with Crippen LogP contribution in [0.15, 0.2) is 52.5 Å². The Morgan fingerprint density at radius 1 is 1.48 bits per heavy atom. The minimum atomic E-state index is 0.0712. The van der Waals surface area contributed by atoms with Crippen LogP contribution in [0.5, 0.6) is 0 Å². The third-order valence-electron chi connectivity index (χ3n) is 3.78. The highest BCUT2D eigenvalue weighted by Crippen LogP contribution is 2.36. The van der Waals surface area contributed by atoms with E-state index in [1.165, 1.54) is 16.8 Å². The van der Waals surface area contributed by atoms with Crippen molar-refractivity contribution < 1.29 is 0 Å². The lowest BCUT2D eigenvalue weighted by Crippen LogP contribution is -2.21. The standard InChI is InChI=1S/C17H19N3S/c1-18-17-20(2)16(12-21-17)14-9-6-10-19-15(14)11-13-7-4-3-5-8-13/h4,6-10,12,17H,1,3,5,11H2,2H3. The maximum absolute atomic E-state index is 4.60. The zero-order chi connectivity index (χ0) is 14.7. The molecule has 1 atom stereocenters. The molecule has 0 amide bonds. The van der Waals surface area contributed by atoms with Gasteiger partial charge in [0.15, 0.2) is 5.50 Å². The molecule has 0 saturated heterocycles. The normalized spacial score (nSPS) is 21.2. The van der Waals surface area contributed by atoms with Crippen molar-refractivity contribution in [3.63, 3.8) is 0 Å². The van der Waals surface area contributed by atoms with Gasteiger partial charge in [0, 0.05) is 25.2 Å². The van der Waals surface area contributed by atoms with E-state index in [0.29, 0.717) is 0 Å². The number of pyridine rings is 1. The molecule has 1 aromatic heterocycles. The molecule has 1 unspecified atom stereocenters. The Morgan fingerprint density at radius 3 is 3.10 bits per heavy atom. The summed E-state index contributed by atoms with van der Waals surface area (Å²) in [4.78, 5) is 10.9. The molecule has 1 aliphatic carbocycles. The van der Waals surface area contributed by atoms with Gasteiger partial charge in [0.1, 0.15) is 0 Å². The van der Waals surface area contributed by atoms with Gasteiger partial charge in [-0.25, -0.2) is 0 Å². The zero-order valence-corrected chi connectivity index (χ0v) is 13.0. The van der Waals surface area contributed by atoms with Gasteiger partial charge < -0.3 is 4.90 Å². The maximum atomic E-state index is 4.60. The average molecular weight is 297 g/mol. The molecule has 0 bridgehead atoms. The molecule has 4 heteroatoms.